The average molecular weight is 385 g/mol. The van der Waals surface area contributed by atoms with Crippen LogP contribution in [0.3, 0.4) is 0 Å². The minimum atomic E-state index is -0.366. The zero-order valence-corrected chi connectivity index (χ0v) is 16.6. The van der Waals surface area contributed by atoms with Crippen molar-refractivity contribution in [1.29, 1.82) is 0 Å². The van der Waals surface area contributed by atoms with Gasteiger partial charge in [0, 0.05) is 51.0 Å². The first-order valence-electron chi connectivity index (χ1n) is 9.87. The lowest BCUT2D eigenvalue weighted by molar-refractivity contribution is 0.154. The lowest BCUT2D eigenvalue weighted by atomic mass is 10.2. The van der Waals surface area contributed by atoms with Gasteiger partial charge in [0.1, 0.15) is 6.61 Å². The molecule has 0 atom stereocenters. The Bertz CT molecular complexity index is 773. The summed E-state index contributed by atoms with van der Waals surface area (Å²) >= 11 is 0. The van der Waals surface area contributed by atoms with Crippen LogP contribution in [0.4, 0.5) is 14.9 Å². The lowest BCUT2D eigenvalue weighted by Crippen LogP contribution is -2.52. The van der Waals surface area contributed by atoms with E-state index in [1.165, 1.54) is 6.07 Å². The summed E-state index contributed by atoms with van der Waals surface area (Å²) in [5.41, 5.74) is 1.82. The van der Waals surface area contributed by atoms with E-state index >= 15 is 0 Å². The Kier molecular flexibility index (Phi) is 6.74. The highest BCUT2D eigenvalue weighted by atomic mass is 19.1. The van der Waals surface area contributed by atoms with E-state index in [9.17, 15) is 9.18 Å². The van der Waals surface area contributed by atoms with Gasteiger partial charge < -0.3 is 19.4 Å². The van der Waals surface area contributed by atoms with Crippen LogP contribution in [0.25, 0.3) is 0 Å². The lowest BCUT2D eigenvalue weighted by Gasteiger charge is -2.38. The molecule has 5 nitrogen and oxygen atoms in total. The molecule has 28 heavy (non-hydrogen) atoms. The molecule has 2 amide bonds. The second kappa shape index (κ2) is 9.44. The number of benzene rings is 2. The summed E-state index contributed by atoms with van der Waals surface area (Å²) in [6.07, 6.45) is 0. The highest BCUT2D eigenvalue weighted by Crippen LogP contribution is 2.25. The minimum Gasteiger partial charge on any atom is -0.486 e. The van der Waals surface area contributed by atoms with E-state index in [1.54, 1.807) is 6.07 Å². The molecule has 1 heterocycles. The third-order valence-electron chi connectivity index (χ3n) is 5.10. The highest BCUT2D eigenvalue weighted by Gasteiger charge is 2.24. The summed E-state index contributed by atoms with van der Waals surface area (Å²) in [6.45, 7) is 8.41. The number of hydrogen-bond acceptors (Lipinski definition) is 3. The summed E-state index contributed by atoms with van der Waals surface area (Å²) < 4.78 is 20.1. The zero-order valence-electron chi connectivity index (χ0n) is 16.6. The molecular weight excluding hydrogens is 357 g/mol. The van der Waals surface area contributed by atoms with Crippen molar-refractivity contribution in [2.24, 2.45) is 0 Å². The normalized spacial score (nSPS) is 14.1. The van der Waals surface area contributed by atoms with Gasteiger partial charge in [0.15, 0.2) is 11.6 Å². The molecule has 0 unspecified atom stereocenters. The number of carbonyl (C=O) groups excluding carboxylic acids is 1. The number of nitrogens with zero attached hydrogens (tertiary/aromatic N) is 3. The van der Waals surface area contributed by atoms with Crippen molar-refractivity contribution >= 4 is 11.7 Å². The van der Waals surface area contributed by atoms with E-state index < -0.39 is 0 Å². The Hall–Kier alpha value is -2.76. The van der Waals surface area contributed by atoms with E-state index in [0.717, 1.165) is 11.3 Å². The fourth-order valence-electron chi connectivity index (χ4n) is 3.39. The van der Waals surface area contributed by atoms with Crippen LogP contribution in [-0.4, -0.2) is 55.1 Å². The molecule has 6 heteroatoms. The first-order chi connectivity index (χ1) is 13.6. The van der Waals surface area contributed by atoms with Crippen LogP contribution in [0.1, 0.15) is 19.4 Å². The molecule has 2 aromatic carbocycles. The quantitative estimate of drug-likeness (QED) is 0.754. The molecule has 0 aliphatic carbocycles. The maximum absolute atomic E-state index is 14.5. The van der Waals surface area contributed by atoms with Crippen LogP contribution >= 0.6 is 0 Å². The Balaban J connectivity index is 1.56. The van der Waals surface area contributed by atoms with Crippen molar-refractivity contribution < 1.29 is 13.9 Å². The molecular formula is C22H28FN3O2. The van der Waals surface area contributed by atoms with Gasteiger partial charge in [-0.05, 0) is 31.5 Å². The number of urea groups is 1. The van der Waals surface area contributed by atoms with Gasteiger partial charge in [-0.1, -0.05) is 30.3 Å². The summed E-state index contributed by atoms with van der Waals surface area (Å²) in [5.74, 6) is -0.113. The highest BCUT2D eigenvalue weighted by molar-refractivity contribution is 5.74. The predicted octanol–water partition coefficient (Wildman–Crippen LogP) is 3.99. The Morgan fingerprint density at radius 2 is 1.71 bits per heavy atom. The van der Waals surface area contributed by atoms with Crippen molar-refractivity contribution in [1.82, 2.24) is 9.80 Å². The molecule has 2 aromatic rings. The van der Waals surface area contributed by atoms with Crippen molar-refractivity contribution in [3.8, 4) is 5.75 Å². The fraction of sp³-hybridized carbons (Fsp3) is 0.409. The second-order valence-electron chi connectivity index (χ2n) is 6.82. The smallest absolute Gasteiger partial charge is 0.320 e. The van der Waals surface area contributed by atoms with Crippen LogP contribution in [0.15, 0.2) is 48.5 Å². The molecule has 3 rings (SSSR count). The number of carbonyl (C=O) groups is 1. The number of halogens is 1. The Labute approximate surface area is 166 Å². The van der Waals surface area contributed by atoms with Crippen LogP contribution in [0.2, 0.25) is 0 Å². The van der Waals surface area contributed by atoms with Crippen molar-refractivity contribution in [3.05, 3.63) is 59.9 Å². The van der Waals surface area contributed by atoms with Crippen LogP contribution in [0.5, 0.6) is 5.75 Å². The van der Waals surface area contributed by atoms with Crippen molar-refractivity contribution in [3.63, 3.8) is 0 Å². The number of anilines is 1. The first kappa shape index (κ1) is 20.0. The van der Waals surface area contributed by atoms with E-state index in [2.05, 4.69) is 4.90 Å². The topological polar surface area (TPSA) is 36.0 Å². The molecule has 0 N–H and O–H groups in total. The number of ether oxygens (including phenoxy) is 1. The maximum Gasteiger partial charge on any atom is 0.320 e. The fourth-order valence-corrected chi connectivity index (χ4v) is 3.39. The molecule has 1 fully saturated rings. The van der Waals surface area contributed by atoms with E-state index in [1.807, 2.05) is 60.0 Å². The molecule has 0 radical (unpaired) electrons. The third kappa shape index (κ3) is 4.74. The van der Waals surface area contributed by atoms with E-state index in [0.29, 0.717) is 45.9 Å². The average Bonchev–Trinajstić information content (AvgIpc) is 2.74. The van der Waals surface area contributed by atoms with E-state index in [-0.39, 0.29) is 17.6 Å². The van der Waals surface area contributed by atoms with Gasteiger partial charge in [0.25, 0.3) is 0 Å². The van der Waals surface area contributed by atoms with Crippen LogP contribution in [-0.2, 0) is 6.61 Å². The standard InChI is InChI=1S/C22H28FN3O2/c1-3-24(4-2)22(27)26-14-12-25(13-15-26)19-10-11-21(20(23)16-19)28-17-18-8-6-5-7-9-18/h5-11,16H,3-4,12-15,17H2,1-2H3. The molecule has 0 bridgehead atoms. The van der Waals surface area contributed by atoms with Crippen LogP contribution in [0, 0.1) is 5.82 Å². The van der Waals surface area contributed by atoms with Crippen molar-refractivity contribution in [2.75, 3.05) is 44.2 Å². The van der Waals surface area contributed by atoms with Gasteiger partial charge in [-0.25, -0.2) is 9.18 Å². The summed E-state index contributed by atoms with van der Waals surface area (Å²) in [4.78, 5) is 18.3. The number of piperazine rings is 1. The molecule has 1 aliphatic heterocycles. The first-order valence-corrected chi connectivity index (χ1v) is 9.87. The van der Waals surface area contributed by atoms with Crippen molar-refractivity contribution in [2.45, 2.75) is 20.5 Å². The summed E-state index contributed by atoms with van der Waals surface area (Å²) in [5, 5.41) is 0. The largest absolute Gasteiger partial charge is 0.486 e. The molecule has 1 aliphatic rings. The molecule has 0 saturated carbocycles. The van der Waals surface area contributed by atoms with Gasteiger partial charge in [0.2, 0.25) is 0 Å². The number of amides is 2. The number of hydrogen-bond donors (Lipinski definition) is 0. The molecule has 0 aromatic heterocycles. The van der Waals surface area contributed by atoms with E-state index in [4.69, 9.17) is 4.74 Å². The molecule has 1 saturated heterocycles. The number of rotatable bonds is 6. The van der Waals surface area contributed by atoms with Gasteiger partial charge in [-0.15, -0.1) is 0 Å². The monoisotopic (exact) mass is 385 g/mol. The maximum atomic E-state index is 14.5. The Morgan fingerprint density at radius 1 is 1.04 bits per heavy atom. The molecule has 150 valence electrons. The van der Waals surface area contributed by atoms with Gasteiger partial charge >= 0.3 is 6.03 Å². The minimum absolute atomic E-state index is 0.0838. The SMILES string of the molecule is CCN(CC)C(=O)N1CCN(c2ccc(OCc3ccccc3)c(F)c2)CC1. The Morgan fingerprint density at radius 3 is 2.32 bits per heavy atom. The predicted molar refractivity (Wildman–Crippen MR) is 109 cm³/mol. The zero-order chi connectivity index (χ0) is 19.9. The van der Waals surface area contributed by atoms with Crippen LogP contribution < -0.4 is 9.64 Å². The van der Waals surface area contributed by atoms with Gasteiger partial charge in [-0.2, -0.15) is 0 Å². The second-order valence-corrected chi connectivity index (χ2v) is 6.82. The molecule has 0 spiro atoms. The third-order valence-corrected chi connectivity index (χ3v) is 5.10. The van der Waals surface area contributed by atoms with Gasteiger partial charge in [-0.3, -0.25) is 0 Å². The van der Waals surface area contributed by atoms with Gasteiger partial charge in [0.05, 0.1) is 0 Å². The summed E-state index contributed by atoms with van der Waals surface area (Å²) in [6, 6.07) is 14.9. The summed E-state index contributed by atoms with van der Waals surface area (Å²) in [7, 11) is 0.